The Morgan fingerprint density at radius 1 is 1.50 bits per heavy atom. The largest absolute Gasteiger partial charge is 0.399 e. The summed E-state index contributed by atoms with van der Waals surface area (Å²) in [6, 6.07) is 5.12. The van der Waals surface area contributed by atoms with Crippen LogP contribution >= 0.6 is 15.9 Å². The van der Waals surface area contributed by atoms with Gasteiger partial charge in [-0.15, -0.1) is 0 Å². The average Bonchev–Trinajstić information content (AvgIpc) is 2.20. The van der Waals surface area contributed by atoms with Gasteiger partial charge in [0.1, 0.15) is 5.75 Å². The van der Waals surface area contributed by atoms with Crippen LogP contribution in [0.15, 0.2) is 22.7 Å². The molecule has 0 aromatic heterocycles. The fraction of sp³-hybridized carbons (Fsp3) is 0.417. The van der Waals surface area contributed by atoms with Crippen LogP contribution in [-0.4, -0.2) is 21.6 Å². The minimum atomic E-state index is -1.12. The number of hydrogen-bond acceptors (Lipinski definition) is 3. The number of rotatable bonds is 5. The fourth-order valence-corrected chi connectivity index (χ4v) is 3.12. The fourth-order valence-electron chi connectivity index (χ4n) is 1.40. The van der Waals surface area contributed by atoms with E-state index >= 15 is 0 Å². The van der Waals surface area contributed by atoms with Gasteiger partial charge in [-0.3, -0.25) is 9.00 Å². The molecular weight excluding hydrogens is 316 g/mol. The summed E-state index contributed by atoms with van der Waals surface area (Å²) in [5.74, 6) is 0.632. The average molecular weight is 333 g/mol. The van der Waals surface area contributed by atoms with Crippen LogP contribution in [-0.2, 0) is 15.6 Å². The van der Waals surface area contributed by atoms with Crippen molar-refractivity contribution >= 4 is 44.0 Å². The molecule has 1 atom stereocenters. The van der Waals surface area contributed by atoms with E-state index in [1.54, 1.807) is 18.2 Å². The van der Waals surface area contributed by atoms with Crippen LogP contribution in [0.3, 0.4) is 0 Å². The lowest BCUT2D eigenvalue weighted by Crippen LogP contribution is -2.22. The molecule has 0 heterocycles. The van der Waals surface area contributed by atoms with E-state index in [1.807, 2.05) is 13.8 Å². The standard InChI is InChI=1S/C12H17BrN2O2S/c1-8(2)6-18(17)7-12(16)15-11-4-3-9(14)5-10(11)13/h3-5,8H,6-7,14H2,1-2H3,(H,15,16). The molecule has 6 heteroatoms. The predicted octanol–water partition coefficient (Wildman–Crippen LogP) is 2.37. The second-order valence-electron chi connectivity index (χ2n) is 4.43. The SMILES string of the molecule is CC(C)CS(=O)CC(=O)Nc1ccc(N)cc1Br. The minimum Gasteiger partial charge on any atom is -0.399 e. The van der Waals surface area contributed by atoms with Gasteiger partial charge < -0.3 is 11.1 Å². The highest BCUT2D eigenvalue weighted by Gasteiger charge is 2.11. The van der Waals surface area contributed by atoms with Gasteiger partial charge in [-0.2, -0.15) is 0 Å². The van der Waals surface area contributed by atoms with E-state index in [4.69, 9.17) is 5.73 Å². The van der Waals surface area contributed by atoms with Crippen molar-refractivity contribution in [3.05, 3.63) is 22.7 Å². The van der Waals surface area contributed by atoms with Crippen LogP contribution in [0.4, 0.5) is 11.4 Å². The van der Waals surface area contributed by atoms with Crippen molar-refractivity contribution in [2.45, 2.75) is 13.8 Å². The first-order valence-electron chi connectivity index (χ1n) is 5.58. The van der Waals surface area contributed by atoms with Crippen molar-refractivity contribution in [2.75, 3.05) is 22.6 Å². The second kappa shape index (κ2) is 6.89. The van der Waals surface area contributed by atoms with Crippen molar-refractivity contribution in [2.24, 2.45) is 5.92 Å². The van der Waals surface area contributed by atoms with Crippen molar-refractivity contribution in [1.29, 1.82) is 0 Å². The number of hydrogen-bond donors (Lipinski definition) is 2. The molecule has 0 aliphatic heterocycles. The van der Waals surface area contributed by atoms with Gasteiger partial charge in [0, 0.05) is 26.7 Å². The number of nitrogens with two attached hydrogens (primary N) is 1. The molecule has 1 unspecified atom stereocenters. The normalized spacial score (nSPS) is 12.4. The van der Waals surface area contributed by atoms with Gasteiger partial charge in [0.15, 0.2) is 0 Å². The Morgan fingerprint density at radius 3 is 2.72 bits per heavy atom. The van der Waals surface area contributed by atoms with Crippen LogP contribution in [0, 0.1) is 5.92 Å². The zero-order valence-electron chi connectivity index (χ0n) is 10.4. The Kier molecular flexibility index (Phi) is 5.81. The van der Waals surface area contributed by atoms with E-state index in [1.165, 1.54) is 0 Å². The number of halogens is 1. The number of amides is 1. The van der Waals surface area contributed by atoms with Gasteiger partial charge in [0.25, 0.3) is 0 Å². The summed E-state index contributed by atoms with van der Waals surface area (Å²) in [5.41, 5.74) is 6.85. The summed E-state index contributed by atoms with van der Waals surface area (Å²) in [7, 11) is -1.12. The molecular formula is C12H17BrN2O2S. The second-order valence-corrected chi connectivity index (χ2v) is 6.79. The van der Waals surface area contributed by atoms with Gasteiger partial charge in [-0.05, 0) is 40.0 Å². The van der Waals surface area contributed by atoms with E-state index in [2.05, 4.69) is 21.2 Å². The molecule has 1 rings (SSSR count). The predicted molar refractivity (Wildman–Crippen MR) is 79.9 cm³/mol. The molecule has 0 saturated carbocycles. The smallest absolute Gasteiger partial charge is 0.237 e. The van der Waals surface area contributed by atoms with E-state index in [-0.39, 0.29) is 11.7 Å². The lowest BCUT2D eigenvalue weighted by atomic mass is 10.3. The third kappa shape index (κ3) is 5.18. The number of nitrogen functional groups attached to an aromatic ring is 1. The zero-order valence-corrected chi connectivity index (χ0v) is 12.8. The molecule has 0 fully saturated rings. The molecule has 1 aromatic carbocycles. The molecule has 4 nitrogen and oxygen atoms in total. The molecule has 18 heavy (non-hydrogen) atoms. The monoisotopic (exact) mass is 332 g/mol. The number of carbonyl (C=O) groups excluding carboxylic acids is 1. The lowest BCUT2D eigenvalue weighted by molar-refractivity contribution is -0.113. The van der Waals surface area contributed by atoms with E-state index in [0.29, 0.717) is 27.5 Å². The summed E-state index contributed by atoms with van der Waals surface area (Å²) >= 11 is 3.31. The van der Waals surface area contributed by atoms with Crippen LogP contribution < -0.4 is 11.1 Å². The highest BCUT2D eigenvalue weighted by Crippen LogP contribution is 2.24. The van der Waals surface area contributed by atoms with Crippen LogP contribution in [0.1, 0.15) is 13.8 Å². The van der Waals surface area contributed by atoms with Crippen molar-refractivity contribution in [3.8, 4) is 0 Å². The Morgan fingerprint density at radius 2 is 2.17 bits per heavy atom. The minimum absolute atomic E-state index is 0.0228. The molecule has 1 aromatic rings. The van der Waals surface area contributed by atoms with Crippen molar-refractivity contribution < 1.29 is 9.00 Å². The molecule has 0 aliphatic carbocycles. The zero-order chi connectivity index (χ0) is 13.7. The first-order valence-corrected chi connectivity index (χ1v) is 7.86. The van der Waals surface area contributed by atoms with Gasteiger partial charge in [-0.25, -0.2) is 0 Å². The molecule has 0 saturated heterocycles. The van der Waals surface area contributed by atoms with E-state index in [9.17, 15) is 9.00 Å². The van der Waals surface area contributed by atoms with E-state index in [0.717, 1.165) is 0 Å². The van der Waals surface area contributed by atoms with Gasteiger partial charge in [-0.1, -0.05) is 13.8 Å². The highest BCUT2D eigenvalue weighted by atomic mass is 79.9. The highest BCUT2D eigenvalue weighted by molar-refractivity contribution is 9.10. The summed E-state index contributed by atoms with van der Waals surface area (Å²) in [5, 5.41) is 2.71. The molecule has 0 aliphatic rings. The molecule has 0 radical (unpaired) electrons. The first kappa shape index (κ1) is 15.2. The van der Waals surface area contributed by atoms with Crippen LogP contribution in [0.5, 0.6) is 0 Å². The maximum Gasteiger partial charge on any atom is 0.237 e. The van der Waals surface area contributed by atoms with Crippen molar-refractivity contribution in [1.82, 2.24) is 0 Å². The summed E-state index contributed by atoms with van der Waals surface area (Å²) < 4.78 is 12.3. The summed E-state index contributed by atoms with van der Waals surface area (Å²) in [6.45, 7) is 3.96. The maximum atomic E-state index is 11.7. The van der Waals surface area contributed by atoms with Crippen LogP contribution in [0.2, 0.25) is 0 Å². The Labute approximate surface area is 118 Å². The molecule has 0 bridgehead atoms. The third-order valence-electron chi connectivity index (χ3n) is 2.08. The Balaban J connectivity index is 2.57. The molecule has 100 valence electrons. The molecule has 3 N–H and O–H groups in total. The van der Waals surface area contributed by atoms with Crippen LogP contribution in [0.25, 0.3) is 0 Å². The number of benzene rings is 1. The lowest BCUT2D eigenvalue weighted by Gasteiger charge is -2.08. The first-order chi connectivity index (χ1) is 8.38. The maximum absolute atomic E-state index is 11.7. The number of anilines is 2. The quantitative estimate of drug-likeness (QED) is 0.813. The van der Waals surface area contributed by atoms with Gasteiger partial charge >= 0.3 is 0 Å². The molecule has 1 amide bonds. The summed E-state index contributed by atoms with van der Waals surface area (Å²) in [6.07, 6.45) is 0. The Bertz CT molecular complexity index is 463. The topological polar surface area (TPSA) is 72.2 Å². The number of nitrogens with one attached hydrogen (secondary N) is 1. The van der Waals surface area contributed by atoms with Gasteiger partial charge in [0.2, 0.25) is 5.91 Å². The third-order valence-corrected chi connectivity index (χ3v) is 4.36. The van der Waals surface area contributed by atoms with Gasteiger partial charge in [0.05, 0.1) is 5.69 Å². The number of carbonyl (C=O) groups is 1. The van der Waals surface area contributed by atoms with Crippen molar-refractivity contribution in [3.63, 3.8) is 0 Å². The molecule has 0 spiro atoms. The summed E-state index contributed by atoms with van der Waals surface area (Å²) in [4.78, 5) is 11.7. The van der Waals surface area contributed by atoms with E-state index < -0.39 is 10.8 Å². The Hall–Kier alpha value is -0.880.